The van der Waals surface area contributed by atoms with Gasteiger partial charge in [0.2, 0.25) is 0 Å². The van der Waals surface area contributed by atoms with Crippen LogP contribution in [0.4, 0.5) is 5.82 Å². The van der Waals surface area contributed by atoms with E-state index in [1.54, 1.807) is 14.0 Å². The van der Waals surface area contributed by atoms with E-state index in [9.17, 15) is 4.79 Å². The highest BCUT2D eigenvalue weighted by Crippen LogP contribution is 2.34. The van der Waals surface area contributed by atoms with Crippen LogP contribution >= 0.6 is 11.3 Å². The lowest BCUT2D eigenvalue weighted by atomic mass is 10.2. The molecule has 0 spiro atoms. The SMILES string of the molecule is CCOC(=O)c1sc2nc(CN3CCOCC3)nc(N[C@H](C)COC)c2c1C. The van der Waals surface area contributed by atoms with Gasteiger partial charge in [-0.25, -0.2) is 14.8 Å². The number of thiophene rings is 1. The van der Waals surface area contributed by atoms with Gasteiger partial charge in [-0.3, -0.25) is 4.90 Å². The van der Waals surface area contributed by atoms with Gasteiger partial charge < -0.3 is 19.5 Å². The molecular weight excluding hydrogens is 380 g/mol. The van der Waals surface area contributed by atoms with Gasteiger partial charge >= 0.3 is 5.97 Å². The van der Waals surface area contributed by atoms with E-state index >= 15 is 0 Å². The molecule has 0 aliphatic carbocycles. The third kappa shape index (κ3) is 4.78. The summed E-state index contributed by atoms with van der Waals surface area (Å²) in [4.78, 5) is 25.5. The number of anilines is 1. The zero-order valence-electron chi connectivity index (χ0n) is 16.9. The maximum atomic E-state index is 12.4. The Morgan fingerprint density at radius 3 is 2.79 bits per heavy atom. The van der Waals surface area contributed by atoms with Crippen LogP contribution in [0.25, 0.3) is 10.2 Å². The molecule has 1 saturated heterocycles. The van der Waals surface area contributed by atoms with E-state index in [0.717, 1.165) is 53.7 Å². The first-order valence-corrected chi connectivity index (χ1v) is 10.4. The van der Waals surface area contributed by atoms with E-state index < -0.39 is 0 Å². The number of fused-ring (bicyclic) bond motifs is 1. The van der Waals surface area contributed by atoms with Crippen molar-refractivity contribution in [1.82, 2.24) is 14.9 Å². The molecule has 1 aliphatic heterocycles. The molecule has 2 aromatic rings. The summed E-state index contributed by atoms with van der Waals surface area (Å²) in [5, 5.41) is 4.30. The average Bonchev–Trinajstić information content (AvgIpc) is 3.00. The Labute approximate surface area is 169 Å². The molecule has 0 radical (unpaired) electrons. The molecule has 0 aromatic carbocycles. The molecule has 0 saturated carbocycles. The van der Waals surface area contributed by atoms with Crippen molar-refractivity contribution >= 4 is 33.3 Å². The second kappa shape index (κ2) is 9.60. The number of carbonyl (C=O) groups is 1. The number of carbonyl (C=O) groups excluding carboxylic acids is 1. The van der Waals surface area contributed by atoms with E-state index in [1.165, 1.54) is 11.3 Å². The maximum Gasteiger partial charge on any atom is 0.348 e. The maximum absolute atomic E-state index is 12.4. The summed E-state index contributed by atoms with van der Waals surface area (Å²) < 4.78 is 15.9. The second-order valence-electron chi connectivity index (χ2n) is 6.83. The molecule has 1 aliphatic rings. The first-order valence-electron chi connectivity index (χ1n) is 9.56. The Balaban J connectivity index is 1.99. The van der Waals surface area contributed by atoms with E-state index in [1.807, 2.05) is 13.8 Å². The number of esters is 1. The highest BCUT2D eigenvalue weighted by atomic mass is 32.1. The summed E-state index contributed by atoms with van der Waals surface area (Å²) in [6.07, 6.45) is 0. The lowest BCUT2D eigenvalue weighted by Crippen LogP contribution is -2.36. The number of hydrogen-bond acceptors (Lipinski definition) is 9. The van der Waals surface area contributed by atoms with Crippen LogP contribution in [0.5, 0.6) is 0 Å². The molecule has 0 bridgehead atoms. The molecule has 1 N–H and O–H groups in total. The number of rotatable bonds is 8. The summed E-state index contributed by atoms with van der Waals surface area (Å²) >= 11 is 1.36. The summed E-state index contributed by atoms with van der Waals surface area (Å²) in [7, 11) is 1.67. The van der Waals surface area contributed by atoms with Crippen LogP contribution in [-0.2, 0) is 20.8 Å². The van der Waals surface area contributed by atoms with Gasteiger partial charge in [0.1, 0.15) is 21.3 Å². The van der Waals surface area contributed by atoms with Gasteiger partial charge in [-0.2, -0.15) is 0 Å². The van der Waals surface area contributed by atoms with Crippen LogP contribution in [0.3, 0.4) is 0 Å². The van der Waals surface area contributed by atoms with Crippen LogP contribution in [0, 0.1) is 6.92 Å². The highest BCUT2D eigenvalue weighted by molar-refractivity contribution is 7.20. The third-order valence-electron chi connectivity index (χ3n) is 4.57. The van der Waals surface area contributed by atoms with Crippen molar-refractivity contribution < 1.29 is 19.0 Å². The largest absolute Gasteiger partial charge is 0.462 e. The van der Waals surface area contributed by atoms with Crippen LogP contribution in [-0.4, -0.2) is 73.5 Å². The number of ether oxygens (including phenoxy) is 3. The molecule has 3 heterocycles. The Kier molecular flexibility index (Phi) is 7.17. The molecule has 28 heavy (non-hydrogen) atoms. The van der Waals surface area contributed by atoms with E-state index in [2.05, 4.69) is 10.2 Å². The number of hydrogen-bond donors (Lipinski definition) is 1. The molecule has 1 atom stereocenters. The van der Waals surface area contributed by atoms with Crippen molar-refractivity contribution in [2.24, 2.45) is 0 Å². The Morgan fingerprint density at radius 1 is 1.36 bits per heavy atom. The molecule has 8 nitrogen and oxygen atoms in total. The highest BCUT2D eigenvalue weighted by Gasteiger charge is 2.23. The van der Waals surface area contributed by atoms with Crippen molar-refractivity contribution in [1.29, 1.82) is 0 Å². The van der Waals surface area contributed by atoms with Crippen molar-refractivity contribution in [3.8, 4) is 0 Å². The number of nitrogens with zero attached hydrogens (tertiary/aromatic N) is 3. The molecule has 2 aromatic heterocycles. The molecule has 0 amide bonds. The van der Waals surface area contributed by atoms with Crippen molar-refractivity contribution in [3.63, 3.8) is 0 Å². The van der Waals surface area contributed by atoms with Gasteiger partial charge in [0.05, 0.1) is 38.4 Å². The second-order valence-corrected chi connectivity index (χ2v) is 7.83. The fraction of sp³-hybridized carbons (Fsp3) is 0.632. The third-order valence-corrected chi connectivity index (χ3v) is 5.73. The summed E-state index contributed by atoms with van der Waals surface area (Å²) in [5.74, 6) is 1.16. The number of aryl methyl sites for hydroxylation is 1. The predicted octanol–water partition coefficient (Wildman–Crippen LogP) is 2.46. The van der Waals surface area contributed by atoms with E-state index in [-0.39, 0.29) is 12.0 Å². The Hall–Kier alpha value is -1.81. The van der Waals surface area contributed by atoms with Crippen LogP contribution < -0.4 is 5.32 Å². The Bertz CT molecular complexity index is 820. The minimum absolute atomic E-state index is 0.0738. The fourth-order valence-electron chi connectivity index (χ4n) is 3.23. The summed E-state index contributed by atoms with van der Waals surface area (Å²) in [5.41, 5.74) is 0.850. The number of aromatic nitrogens is 2. The normalized spacial score (nSPS) is 16.3. The minimum atomic E-state index is -0.311. The van der Waals surface area contributed by atoms with Crippen LogP contribution in [0.2, 0.25) is 0 Å². The first-order chi connectivity index (χ1) is 13.5. The van der Waals surface area contributed by atoms with Crippen molar-refractivity contribution in [2.75, 3.05) is 51.9 Å². The molecule has 154 valence electrons. The van der Waals surface area contributed by atoms with Gasteiger partial charge in [0, 0.05) is 26.2 Å². The topological polar surface area (TPSA) is 85.8 Å². The van der Waals surface area contributed by atoms with Gasteiger partial charge in [-0.1, -0.05) is 0 Å². The van der Waals surface area contributed by atoms with Crippen LogP contribution in [0.1, 0.15) is 34.9 Å². The molecular formula is C19H28N4O4S. The number of nitrogens with one attached hydrogen (secondary N) is 1. The zero-order chi connectivity index (χ0) is 20.1. The first kappa shape index (κ1) is 20.9. The van der Waals surface area contributed by atoms with Gasteiger partial charge in [-0.05, 0) is 26.3 Å². The minimum Gasteiger partial charge on any atom is -0.462 e. The van der Waals surface area contributed by atoms with E-state index in [0.29, 0.717) is 24.6 Å². The van der Waals surface area contributed by atoms with Gasteiger partial charge in [-0.15, -0.1) is 11.3 Å². The van der Waals surface area contributed by atoms with Crippen LogP contribution in [0.15, 0.2) is 0 Å². The van der Waals surface area contributed by atoms with Crippen molar-refractivity contribution in [2.45, 2.75) is 33.4 Å². The Morgan fingerprint density at radius 2 is 2.11 bits per heavy atom. The predicted molar refractivity (Wildman–Crippen MR) is 109 cm³/mol. The zero-order valence-corrected chi connectivity index (χ0v) is 17.7. The average molecular weight is 409 g/mol. The fourth-order valence-corrected chi connectivity index (χ4v) is 4.33. The quantitative estimate of drug-likeness (QED) is 0.667. The molecule has 0 unspecified atom stereocenters. The van der Waals surface area contributed by atoms with E-state index in [4.69, 9.17) is 24.2 Å². The summed E-state index contributed by atoms with van der Waals surface area (Å²) in [6, 6.07) is 0.0738. The lowest BCUT2D eigenvalue weighted by molar-refractivity contribution is 0.0331. The van der Waals surface area contributed by atoms with Crippen molar-refractivity contribution in [3.05, 3.63) is 16.3 Å². The molecule has 9 heteroatoms. The smallest absolute Gasteiger partial charge is 0.348 e. The number of methoxy groups -OCH3 is 1. The van der Waals surface area contributed by atoms with Gasteiger partial charge in [0.15, 0.2) is 0 Å². The lowest BCUT2D eigenvalue weighted by Gasteiger charge is -2.26. The monoisotopic (exact) mass is 408 g/mol. The molecule has 1 fully saturated rings. The summed E-state index contributed by atoms with van der Waals surface area (Å²) in [6.45, 7) is 10.5. The van der Waals surface area contributed by atoms with Gasteiger partial charge in [0.25, 0.3) is 0 Å². The number of morpholine rings is 1. The molecule has 3 rings (SSSR count). The standard InChI is InChI=1S/C19H28N4O4S/c1-5-27-19(24)16-13(3)15-17(20-12(2)11-25-4)21-14(22-18(15)28-16)10-23-6-8-26-9-7-23/h12H,5-11H2,1-4H3,(H,20,21,22)/t12-/m1/s1.